The molecule has 32 heavy (non-hydrogen) atoms. The van der Waals surface area contributed by atoms with Crippen LogP contribution in [-0.4, -0.2) is 69.5 Å². The molecule has 0 spiro atoms. The Hall–Kier alpha value is -1.97. The SMILES string of the molecule is C[C@@H]1CN(S(=O)(=O)c2ccc(C(=O)NC[C@@H](c3ccccc3Cl)N(C)C)cc2)C[C@H](C)O1. The topological polar surface area (TPSA) is 79.0 Å². The van der Waals surface area contributed by atoms with Crippen LogP contribution in [0.15, 0.2) is 53.4 Å². The minimum absolute atomic E-state index is 0.0994. The fraction of sp³-hybridized carbons (Fsp3) is 0.435. The second kappa shape index (κ2) is 10.3. The second-order valence-electron chi connectivity index (χ2n) is 8.31. The minimum Gasteiger partial charge on any atom is -0.373 e. The number of hydrogen-bond donors (Lipinski definition) is 1. The Labute approximate surface area is 195 Å². The van der Waals surface area contributed by atoms with Gasteiger partial charge in [-0.25, -0.2) is 8.42 Å². The third-order valence-electron chi connectivity index (χ3n) is 5.48. The number of nitrogens with zero attached hydrogens (tertiary/aromatic N) is 2. The number of carbonyl (C=O) groups is 1. The van der Waals surface area contributed by atoms with E-state index in [1.165, 1.54) is 28.6 Å². The molecule has 1 aliphatic rings. The van der Waals surface area contributed by atoms with Crippen LogP contribution in [0.4, 0.5) is 0 Å². The quantitative estimate of drug-likeness (QED) is 0.659. The van der Waals surface area contributed by atoms with Crippen molar-refractivity contribution < 1.29 is 17.9 Å². The van der Waals surface area contributed by atoms with Gasteiger partial charge in [0.15, 0.2) is 0 Å². The van der Waals surface area contributed by atoms with Gasteiger partial charge in [0.1, 0.15) is 0 Å². The molecule has 1 N–H and O–H groups in total. The normalized spacial score (nSPS) is 20.8. The Morgan fingerprint density at radius 2 is 1.72 bits per heavy atom. The number of amides is 1. The Bertz CT molecular complexity index is 1030. The highest BCUT2D eigenvalue weighted by Crippen LogP contribution is 2.26. The number of rotatable bonds is 7. The van der Waals surface area contributed by atoms with Crippen LogP contribution in [0, 0.1) is 0 Å². The van der Waals surface area contributed by atoms with Gasteiger partial charge < -0.3 is 15.0 Å². The number of carbonyl (C=O) groups excluding carboxylic acids is 1. The van der Waals surface area contributed by atoms with Crippen LogP contribution in [0.1, 0.15) is 35.8 Å². The zero-order valence-electron chi connectivity index (χ0n) is 18.8. The maximum Gasteiger partial charge on any atom is 0.251 e. The molecule has 3 rings (SSSR count). The zero-order chi connectivity index (χ0) is 23.5. The van der Waals surface area contributed by atoms with E-state index in [1.54, 1.807) is 0 Å². The summed E-state index contributed by atoms with van der Waals surface area (Å²) in [5.41, 5.74) is 1.32. The first kappa shape index (κ1) is 24.7. The average molecular weight is 480 g/mol. The lowest BCUT2D eigenvalue weighted by Crippen LogP contribution is -2.48. The number of nitrogens with one attached hydrogen (secondary N) is 1. The Morgan fingerprint density at radius 1 is 1.12 bits per heavy atom. The van der Waals surface area contributed by atoms with Crippen LogP contribution in [0.5, 0.6) is 0 Å². The summed E-state index contributed by atoms with van der Waals surface area (Å²) < 4.78 is 33.0. The highest BCUT2D eigenvalue weighted by Gasteiger charge is 2.32. The number of ether oxygens (including phenoxy) is 1. The largest absolute Gasteiger partial charge is 0.373 e. The van der Waals surface area contributed by atoms with E-state index >= 15 is 0 Å². The average Bonchev–Trinajstić information content (AvgIpc) is 2.74. The number of likely N-dealkylation sites (N-methyl/N-ethyl adjacent to an activating group) is 1. The van der Waals surface area contributed by atoms with E-state index < -0.39 is 10.0 Å². The van der Waals surface area contributed by atoms with Crippen LogP contribution in [0.3, 0.4) is 0 Å². The molecule has 2 aromatic rings. The smallest absolute Gasteiger partial charge is 0.251 e. The number of halogens is 1. The summed E-state index contributed by atoms with van der Waals surface area (Å²) in [6.07, 6.45) is -0.331. The molecular formula is C23H30ClN3O4S. The van der Waals surface area contributed by atoms with Crippen LogP contribution < -0.4 is 5.32 Å². The molecular weight excluding hydrogens is 450 g/mol. The van der Waals surface area contributed by atoms with Crippen molar-refractivity contribution in [2.45, 2.75) is 37.0 Å². The predicted molar refractivity (Wildman–Crippen MR) is 125 cm³/mol. The van der Waals surface area contributed by atoms with E-state index in [0.29, 0.717) is 30.2 Å². The monoisotopic (exact) mass is 479 g/mol. The van der Waals surface area contributed by atoms with Crippen LogP contribution in [0.25, 0.3) is 0 Å². The van der Waals surface area contributed by atoms with Crippen molar-refractivity contribution in [3.05, 3.63) is 64.7 Å². The zero-order valence-corrected chi connectivity index (χ0v) is 20.4. The minimum atomic E-state index is -3.65. The van der Waals surface area contributed by atoms with Gasteiger partial charge in [-0.1, -0.05) is 29.8 Å². The summed E-state index contributed by atoms with van der Waals surface area (Å²) in [5, 5.41) is 3.56. The lowest BCUT2D eigenvalue weighted by Gasteiger charge is -2.34. The number of benzene rings is 2. The van der Waals surface area contributed by atoms with E-state index in [4.69, 9.17) is 16.3 Å². The van der Waals surface area contributed by atoms with Crippen LogP contribution in [0.2, 0.25) is 5.02 Å². The summed E-state index contributed by atoms with van der Waals surface area (Å²) >= 11 is 6.33. The molecule has 0 radical (unpaired) electrons. The summed E-state index contributed by atoms with van der Waals surface area (Å²) in [5.74, 6) is -0.276. The summed E-state index contributed by atoms with van der Waals surface area (Å²) in [4.78, 5) is 14.8. The van der Waals surface area contributed by atoms with Crippen molar-refractivity contribution in [3.63, 3.8) is 0 Å². The first-order valence-electron chi connectivity index (χ1n) is 10.5. The molecule has 0 saturated carbocycles. The molecule has 1 amide bonds. The van der Waals surface area contributed by atoms with Gasteiger partial charge in [0.2, 0.25) is 10.0 Å². The van der Waals surface area contributed by atoms with Gasteiger partial charge in [-0.15, -0.1) is 0 Å². The van der Waals surface area contributed by atoms with Crippen LogP contribution in [-0.2, 0) is 14.8 Å². The van der Waals surface area contributed by atoms with Crippen molar-refractivity contribution in [1.29, 1.82) is 0 Å². The number of sulfonamides is 1. The standard InChI is InChI=1S/C23H30ClN3O4S/c1-16-14-27(15-17(2)31-16)32(29,30)19-11-9-18(10-12-19)23(28)25-13-22(26(3)4)20-7-5-6-8-21(20)24/h5-12,16-17,22H,13-15H2,1-4H3,(H,25,28)/t16-,17+,22-/m0/s1. The molecule has 1 heterocycles. The van der Waals surface area contributed by atoms with Crippen molar-refractivity contribution in [3.8, 4) is 0 Å². The molecule has 0 aliphatic carbocycles. The first-order valence-corrected chi connectivity index (χ1v) is 12.4. The van der Waals surface area contributed by atoms with Crippen molar-refractivity contribution in [2.24, 2.45) is 0 Å². The second-order valence-corrected chi connectivity index (χ2v) is 10.7. The molecule has 1 saturated heterocycles. The van der Waals surface area contributed by atoms with Gasteiger partial charge >= 0.3 is 0 Å². The molecule has 1 fully saturated rings. The van der Waals surface area contributed by atoms with E-state index in [-0.39, 0.29) is 29.1 Å². The van der Waals surface area contributed by atoms with Crippen LogP contribution >= 0.6 is 11.6 Å². The highest BCUT2D eigenvalue weighted by atomic mass is 35.5. The fourth-order valence-corrected chi connectivity index (χ4v) is 5.71. The van der Waals surface area contributed by atoms with Gasteiger partial charge in [0.05, 0.1) is 23.1 Å². The van der Waals surface area contributed by atoms with Gasteiger partial charge in [0.25, 0.3) is 5.91 Å². The first-order chi connectivity index (χ1) is 15.1. The molecule has 0 bridgehead atoms. The van der Waals surface area contributed by atoms with E-state index in [1.807, 2.05) is 57.1 Å². The molecule has 1 aliphatic heterocycles. The van der Waals surface area contributed by atoms with Gasteiger partial charge in [-0.2, -0.15) is 4.31 Å². The maximum absolute atomic E-state index is 13.0. The summed E-state index contributed by atoms with van der Waals surface area (Å²) in [6.45, 7) is 4.69. The Kier molecular flexibility index (Phi) is 7.95. The summed E-state index contributed by atoms with van der Waals surface area (Å²) in [6, 6.07) is 13.5. The van der Waals surface area contributed by atoms with E-state index in [9.17, 15) is 13.2 Å². The van der Waals surface area contributed by atoms with Gasteiger partial charge in [0, 0.05) is 30.2 Å². The van der Waals surface area contributed by atoms with Gasteiger partial charge in [-0.3, -0.25) is 4.79 Å². The number of morpholine rings is 1. The Morgan fingerprint density at radius 3 is 2.28 bits per heavy atom. The lowest BCUT2D eigenvalue weighted by molar-refractivity contribution is -0.0440. The van der Waals surface area contributed by atoms with Crippen molar-refractivity contribution in [2.75, 3.05) is 33.7 Å². The van der Waals surface area contributed by atoms with Gasteiger partial charge in [-0.05, 0) is 63.8 Å². The molecule has 7 nitrogen and oxygen atoms in total. The van der Waals surface area contributed by atoms with Crippen molar-refractivity contribution in [1.82, 2.24) is 14.5 Å². The van der Waals surface area contributed by atoms with E-state index in [0.717, 1.165) is 5.56 Å². The molecule has 174 valence electrons. The molecule has 9 heteroatoms. The van der Waals surface area contributed by atoms with Crippen molar-refractivity contribution >= 4 is 27.5 Å². The predicted octanol–water partition coefficient (Wildman–Crippen LogP) is 3.17. The Balaban J connectivity index is 1.69. The number of hydrogen-bond acceptors (Lipinski definition) is 5. The third-order valence-corrected chi connectivity index (χ3v) is 7.67. The molecule has 0 unspecified atom stereocenters. The molecule has 3 atom stereocenters. The maximum atomic E-state index is 13.0. The third kappa shape index (κ3) is 5.68. The van der Waals surface area contributed by atoms with E-state index in [2.05, 4.69) is 5.32 Å². The highest BCUT2D eigenvalue weighted by molar-refractivity contribution is 7.89. The molecule has 2 aromatic carbocycles. The summed E-state index contributed by atoms with van der Waals surface area (Å²) in [7, 11) is 0.200. The lowest BCUT2D eigenvalue weighted by atomic mass is 10.1. The molecule has 0 aromatic heterocycles. The fourth-order valence-electron chi connectivity index (χ4n) is 3.86.